The van der Waals surface area contributed by atoms with Gasteiger partial charge in [-0.05, 0) is 43.0 Å². The van der Waals surface area contributed by atoms with Gasteiger partial charge < -0.3 is 4.55 Å². The molecule has 0 fully saturated rings. The molecule has 3 rings (SSSR count). The lowest BCUT2D eigenvalue weighted by Crippen LogP contribution is -2.22. The highest BCUT2D eigenvalue weighted by Crippen LogP contribution is 2.66. The molecule has 33 heavy (non-hydrogen) atoms. The molecule has 0 unspecified atom stereocenters. The van der Waals surface area contributed by atoms with Gasteiger partial charge in [-0.2, -0.15) is 13.2 Å². The molecule has 0 aliphatic carbocycles. The van der Waals surface area contributed by atoms with E-state index in [2.05, 4.69) is 107 Å². The lowest BCUT2D eigenvalue weighted by molar-refractivity contribution is -0.0517. The van der Waals surface area contributed by atoms with Crippen molar-refractivity contribution in [1.29, 1.82) is 0 Å². The Labute approximate surface area is 194 Å². The molecule has 0 spiro atoms. The first kappa shape index (κ1) is 27.0. The Bertz CT molecular complexity index is 1110. The zero-order chi connectivity index (χ0) is 25.0. The molecule has 0 bridgehead atoms. The van der Waals surface area contributed by atoms with Crippen molar-refractivity contribution in [3.05, 3.63) is 101 Å². The molecule has 0 heterocycles. The van der Waals surface area contributed by atoms with Crippen LogP contribution in [-0.4, -0.2) is 31.8 Å². The molecule has 0 atom stereocenters. The van der Waals surface area contributed by atoms with Gasteiger partial charge in [0.1, 0.15) is 11.0 Å². The van der Waals surface area contributed by atoms with Crippen LogP contribution in [0.3, 0.4) is 0 Å². The van der Waals surface area contributed by atoms with Gasteiger partial charge in [-0.1, -0.05) is 78.4 Å². The van der Waals surface area contributed by atoms with E-state index in [1.54, 1.807) is 5.30 Å². The molecule has 8 heteroatoms. The first-order valence-electron chi connectivity index (χ1n) is 10.2. The second kappa shape index (κ2) is 10.4. The minimum atomic E-state index is -6.09. The van der Waals surface area contributed by atoms with Crippen molar-refractivity contribution >= 4 is 22.7 Å². The normalized spacial score (nSPS) is 12.3. The maximum absolute atomic E-state index is 10.7. The van der Waals surface area contributed by atoms with Gasteiger partial charge in [-0.15, -0.1) is 0 Å². The number of hydrogen-bond donors (Lipinski definition) is 0. The van der Waals surface area contributed by atoms with Crippen LogP contribution in [0.15, 0.2) is 72.8 Å². The zero-order valence-corrected chi connectivity index (χ0v) is 20.9. The fourth-order valence-corrected chi connectivity index (χ4v) is 8.46. The van der Waals surface area contributed by atoms with Crippen LogP contribution in [0.4, 0.5) is 13.2 Å². The Hall–Kier alpha value is -2.21. The minimum Gasteiger partial charge on any atom is -0.741 e. The lowest BCUT2D eigenvalue weighted by atomic mass is 10.0. The van der Waals surface area contributed by atoms with Crippen LogP contribution in [-0.2, 0) is 10.1 Å². The molecule has 0 amide bonds. The highest BCUT2D eigenvalue weighted by Gasteiger charge is 2.43. The predicted molar refractivity (Wildman–Crippen MR) is 130 cm³/mol. The molecule has 3 aromatic rings. The molecular weight excluding hydrogens is 468 g/mol. The topological polar surface area (TPSA) is 57.2 Å². The van der Waals surface area contributed by atoms with E-state index in [-0.39, 0.29) is 0 Å². The first-order valence-corrected chi connectivity index (χ1v) is 14.4. The average Bonchev–Trinajstić information content (AvgIpc) is 2.67. The molecule has 0 aromatic heterocycles. The van der Waals surface area contributed by atoms with Gasteiger partial charge >= 0.3 is 5.51 Å². The Balaban J connectivity index is 0.000000414. The van der Waals surface area contributed by atoms with E-state index in [9.17, 15) is 13.2 Å². The second-order valence-electron chi connectivity index (χ2n) is 8.41. The van der Waals surface area contributed by atoms with Crippen LogP contribution in [0.5, 0.6) is 0 Å². The van der Waals surface area contributed by atoms with Gasteiger partial charge in [0.2, 0.25) is 0 Å². The van der Waals surface area contributed by atoms with Crippen LogP contribution < -0.4 is 5.30 Å². The molecule has 0 N–H and O–H groups in total. The van der Waals surface area contributed by atoms with E-state index in [4.69, 9.17) is 13.0 Å². The molecule has 0 aliphatic rings. The van der Waals surface area contributed by atoms with Crippen LogP contribution in [0.2, 0.25) is 0 Å². The highest BCUT2D eigenvalue weighted by molar-refractivity contribution is 7.86. The fourth-order valence-electron chi connectivity index (χ4n) is 4.42. The summed E-state index contributed by atoms with van der Waals surface area (Å²) >= 11 is 0. The van der Waals surface area contributed by atoms with Crippen molar-refractivity contribution in [3.8, 4) is 0 Å². The monoisotopic (exact) mass is 496 g/mol. The summed E-state index contributed by atoms with van der Waals surface area (Å²) < 4.78 is 58.9. The van der Waals surface area contributed by atoms with Crippen molar-refractivity contribution in [2.75, 3.05) is 13.3 Å². The summed E-state index contributed by atoms with van der Waals surface area (Å²) in [6.07, 6.45) is 0. The summed E-state index contributed by atoms with van der Waals surface area (Å²) in [6, 6.07) is 26.7. The van der Waals surface area contributed by atoms with Gasteiger partial charge in [-0.3, -0.25) is 0 Å². The molecule has 0 aliphatic heterocycles. The number of halogens is 3. The van der Waals surface area contributed by atoms with Crippen molar-refractivity contribution in [2.24, 2.45) is 0 Å². The van der Waals surface area contributed by atoms with Gasteiger partial charge in [0, 0.05) is 0 Å². The van der Waals surface area contributed by atoms with Crippen LogP contribution >= 0.6 is 7.26 Å². The maximum atomic E-state index is 10.7. The molecule has 3 nitrogen and oxygen atoms in total. The van der Waals surface area contributed by atoms with E-state index < -0.39 is 22.9 Å². The summed E-state index contributed by atoms with van der Waals surface area (Å²) in [5.41, 5.74) is 1.86. The standard InChI is InChI=1S/C24H28P.CHF3O3S/c1-18-16-19(2)23(20(3)17-18)25(4,5)24(21-12-8-6-9-13-21)22-14-10-7-11-15-22;2-1(3,4)8(5,6)7/h6-17,24H,1-5H3;(H,5,6,7)/q+1;/p-1. The predicted octanol–water partition coefficient (Wildman–Crippen LogP) is 6.36. The van der Waals surface area contributed by atoms with Crippen molar-refractivity contribution in [1.82, 2.24) is 0 Å². The van der Waals surface area contributed by atoms with Gasteiger partial charge in [0.15, 0.2) is 10.1 Å². The maximum Gasteiger partial charge on any atom is 0.485 e. The number of benzene rings is 3. The Kier molecular flexibility index (Phi) is 8.50. The van der Waals surface area contributed by atoms with E-state index in [0.29, 0.717) is 5.66 Å². The lowest BCUT2D eigenvalue weighted by Gasteiger charge is -2.31. The third kappa shape index (κ3) is 6.66. The first-order chi connectivity index (χ1) is 15.2. The van der Waals surface area contributed by atoms with Crippen LogP contribution in [0, 0.1) is 20.8 Å². The molecule has 178 valence electrons. The number of rotatable bonds is 4. The van der Waals surface area contributed by atoms with E-state index in [1.165, 1.54) is 27.8 Å². The Morgan fingerprint density at radius 3 is 1.42 bits per heavy atom. The van der Waals surface area contributed by atoms with E-state index in [1.807, 2.05) is 0 Å². The van der Waals surface area contributed by atoms with Crippen molar-refractivity contribution in [2.45, 2.75) is 31.9 Å². The highest BCUT2D eigenvalue weighted by atomic mass is 32.2. The van der Waals surface area contributed by atoms with E-state index >= 15 is 0 Å². The third-order valence-electron chi connectivity index (χ3n) is 5.37. The smallest absolute Gasteiger partial charge is 0.485 e. The Morgan fingerprint density at radius 2 is 1.12 bits per heavy atom. The Morgan fingerprint density at radius 1 is 0.788 bits per heavy atom. The quantitative estimate of drug-likeness (QED) is 0.240. The summed E-state index contributed by atoms with van der Waals surface area (Å²) in [6.45, 7) is 11.8. The van der Waals surface area contributed by atoms with Gasteiger partial charge in [0.25, 0.3) is 0 Å². The van der Waals surface area contributed by atoms with Crippen molar-refractivity contribution in [3.63, 3.8) is 0 Å². The van der Waals surface area contributed by atoms with Crippen LogP contribution in [0.25, 0.3) is 0 Å². The van der Waals surface area contributed by atoms with Gasteiger partial charge in [0.05, 0.1) is 20.6 Å². The number of aryl methyl sites for hydroxylation is 3. The average molecular weight is 497 g/mol. The molecule has 0 radical (unpaired) electrons. The second-order valence-corrected chi connectivity index (χ2v) is 13.8. The summed E-state index contributed by atoms with van der Waals surface area (Å²) in [5.74, 6) is 0. The third-order valence-corrected chi connectivity index (χ3v) is 9.68. The van der Waals surface area contributed by atoms with Crippen molar-refractivity contribution < 1.29 is 26.1 Å². The zero-order valence-electron chi connectivity index (χ0n) is 19.2. The number of hydrogen-bond acceptors (Lipinski definition) is 3. The minimum absolute atomic E-state index is 0.426. The SMILES string of the molecule is Cc1cc(C)c([P+](C)(C)C(c2ccccc2)c2ccccc2)c(C)c1.O=S(=O)([O-])C(F)(F)F. The summed E-state index contributed by atoms with van der Waals surface area (Å²) in [4.78, 5) is 0. The van der Waals surface area contributed by atoms with E-state index in [0.717, 1.165) is 0 Å². The summed E-state index contributed by atoms with van der Waals surface area (Å²) in [5, 5.41) is 1.58. The molecule has 0 saturated heterocycles. The number of alkyl halides is 3. The molecule has 0 saturated carbocycles. The largest absolute Gasteiger partial charge is 0.741 e. The summed E-state index contributed by atoms with van der Waals surface area (Å²) in [7, 11) is -7.53. The molecular formula is C25H28F3O3PS. The molecule has 3 aromatic carbocycles. The van der Waals surface area contributed by atoms with Crippen LogP contribution in [0.1, 0.15) is 33.5 Å². The van der Waals surface area contributed by atoms with Gasteiger partial charge in [-0.25, -0.2) is 8.42 Å². The fraction of sp³-hybridized carbons (Fsp3) is 0.280.